The first-order valence-corrected chi connectivity index (χ1v) is 15.7. The Morgan fingerprint density at radius 1 is 1.16 bits per heavy atom. The van der Waals surface area contributed by atoms with Gasteiger partial charge in [-0.15, -0.1) is 0 Å². The minimum Gasteiger partial charge on any atom is -0.379 e. The number of aromatic nitrogens is 2. The van der Waals surface area contributed by atoms with Crippen molar-refractivity contribution in [2.75, 3.05) is 17.1 Å². The molecule has 4 N–H and O–H groups in total. The summed E-state index contributed by atoms with van der Waals surface area (Å²) >= 11 is 6.44. The van der Waals surface area contributed by atoms with Crippen molar-refractivity contribution in [2.24, 2.45) is 11.7 Å². The summed E-state index contributed by atoms with van der Waals surface area (Å²) in [5.74, 6) is -1.98. The molecule has 0 saturated heterocycles. The number of hydrogen-bond donors (Lipinski definition) is 3. The smallest absolute Gasteiger partial charge is 0.379 e. The van der Waals surface area contributed by atoms with E-state index in [2.05, 4.69) is 20.0 Å². The van der Waals surface area contributed by atoms with Gasteiger partial charge in [-0.1, -0.05) is 43.6 Å². The van der Waals surface area contributed by atoms with E-state index in [-0.39, 0.29) is 34.3 Å². The Bertz CT molecular complexity index is 1590. The Kier molecular flexibility index (Phi) is 10.1. The minimum absolute atomic E-state index is 0.0644. The number of likely N-dealkylation sites (N-methyl/N-ethyl adjacent to an activating group) is 1. The van der Waals surface area contributed by atoms with Crippen LogP contribution in [0.25, 0.3) is 0 Å². The van der Waals surface area contributed by atoms with Crippen molar-refractivity contribution in [3.8, 4) is 0 Å². The van der Waals surface area contributed by atoms with E-state index in [1.165, 1.54) is 23.2 Å². The minimum atomic E-state index is -4.50. The first-order valence-electron chi connectivity index (χ1n) is 13.8. The third-order valence-electron chi connectivity index (χ3n) is 7.82. The van der Waals surface area contributed by atoms with Gasteiger partial charge in [0.1, 0.15) is 22.9 Å². The Hall–Kier alpha value is -3.49. The number of sulfonamides is 1. The van der Waals surface area contributed by atoms with E-state index in [9.17, 15) is 26.4 Å². The van der Waals surface area contributed by atoms with Crippen molar-refractivity contribution in [1.82, 2.24) is 14.9 Å². The predicted molar refractivity (Wildman–Crippen MR) is 159 cm³/mol. The highest BCUT2D eigenvalue weighted by Gasteiger charge is 2.39. The number of anilines is 2. The van der Waals surface area contributed by atoms with Gasteiger partial charge in [0.15, 0.2) is 0 Å². The Morgan fingerprint density at radius 2 is 1.89 bits per heavy atom. The summed E-state index contributed by atoms with van der Waals surface area (Å²) in [5.41, 5.74) is 5.98. The molecule has 1 heterocycles. The zero-order chi connectivity index (χ0) is 32.4. The summed E-state index contributed by atoms with van der Waals surface area (Å²) in [5, 5.41) is 3.06. The van der Waals surface area contributed by atoms with E-state index >= 15 is 4.39 Å². The van der Waals surface area contributed by atoms with Gasteiger partial charge >= 0.3 is 6.18 Å². The molecule has 1 saturated carbocycles. The summed E-state index contributed by atoms with van der Waals surface area (Å²) in [6, 6.07) is 6.45. The molecular formula is C29H33ClF4N6O3S. The van der Waals surface area contributed by atoms with Gasteiger partial charge in [0.05, 0.1) is 28.4 Å². The number of hydrogen-bond acceptors (Lipinski definition) is 7. The number of benzene rings is 2. The second-order valence-corrected chi connectivity index (χ2v) is 13.2. The van der Waals surface area contributed by atoms with Gasteiger partial charge in [-0.25, -0.2) is 22.8 Å². The van der Waals surface area contributed by atoms with Crippen LogP contribution >= 0.6 is 11.6 Å². The molecule has 1 fully saturated rings. The molecular weight excluding hydrogens is 624 g/mol. The van der Waals surface area contributed by atoms with Crippen molar-refractivity contribution >= 4 is 39.0 Å². The highest BCUT2D eigenvalue weighted by Crippen LogP contribution is 2.40. The van der Waals surface area contributed by atoms with E-state index in [0.717, 1.165) is 30.6 Å². The lowest BCUT2D eigenvalue weighted by molar-refractivity contribution is -0.137. The number of nitrogens with one attached hydrogen (secondary N) is 2. The van der Waals surface area contributed by atoms with Crippen LogP contribution in [0.3, 0.4) is 0 Å². The van der Waals surface area contributed by atoms with E-state index in [1.807, 2.05) is 0 Å². The monoisotopic (exact) mass is 656 g/mol. The van der Waals surface area contributed by atoms with Crippen LogP contribution in [0, 0.1) is 11.7 Å². The molecule has 0 bridgehead atoms. The standard InChI is InChI=1S/C29H33ClF4N6O3S/c1-16(2)27(35)28(41)40(3)24-12-18(17-5-4-6-19(11-17)29(32,33)34)7-8-22(24)38-23-14-21(31)25(13-20(23)30)44(42,43)39-26-9-10-36-15-37-26/h4-6,9-11,13-16,18,22,24,27,38H,7-8,12,35H2,1-3H3,(H,36,37,39)/t18-,22?,24?,27?/m0/s1. The Morgan fingerprint density at radius 3 is 2.52 bits per heavy atom. The number of carbonyl (C=O) groups excluding carboxylic acids is 1. The molecule has 3 unspecified atom stereocenters. The van der Waals surface area contributed by atoms with Crippen molar-refractivity contribution in [3.05, 3.63) is 77.0 Å². The number of alkyl halides is 3. The van der Waals surface area contributed by atoms with Crippen molar-refractivity contribution in [1.29, 1.82) is 0 Å². The number of rotatable bonds is 9. The highest BCUT2D eigenvalue weighted by molar-refractivity contribution is 7.92. The SMILES string of the molecule is CC(C)C(N)C(=O)N(C)C1C[C@@H](c2cccc(C(F)(F)F)c2)CCC1Nc1cc(F)c(S(=O)(=O)Nc2ccncn2)cc1Cl. The zero-order valence-electron chi connectivity index (χ0n) is 24.1. The van der Waals surface area contributed by atoms with Crippen LogP contribution in [0.1, 0.15) is 50.2 Å². The molecule has 0 radical (unpaired) electrons. The fraction of sp³-hybridized carbons (Fsp3) is 0.414. The van der Waals surface area contributed by atoms with Gasteiger partial charge in [0.25, 0.3) is 10.0 Å². The summed E-state index contributed by atoms with van der Waals surface area (Å²) in [6.07, 6.45) is -0.925. The molecule has 1 aromatic heterocycles. The normalized spacial score (nSPS) is 19.8. The van der Waals surface area contributed by atoms with E-state index in [4.69, 9.17) is 17.3 Å². The fourth-order valence-electron chi connectivity index (χ4n) is 5.29. The molecule has 1 aliphatic rings. The summed E-state index contributed by atoms with van der Waals surface area (Å²) in [4.78, 5) is 21.6. The van der Waals surface area contributed by atoms with Crippen molar-refractivity contribution in [2.45, 2.75) is 68.2 Å². The topological polar surface area (TPSA) is 130 Å². The molecule has 15 heteroatoms. The molecule has 44 heavy (non-hydrogen) atoms. The Balaban J connectivity index is 1.63. The molecule has 0 aliphatic heterocycles. The molecule has 4 rings (SSSR count). The number of carbonyl (C=O) groups is 1. The third-order valence-corrected chi connectivity index (χ3v) is 9.51. The van der Waals surface area contributed by atoms with Crippen LogP contribution in [-0.4, -0.2) is 54.4 Å². The van der Waals surface area contributed by atoms with E-state index in [1.54, 1.807) is 27.0 Å². The molecule has 4 atom stereocenters. The first kappa shape index (κ1) is 33.4. The van der Waals surface area contributed by atoms with Crippen LogP contribution < -0.4 is 15.8 Å². The second-order valence-electron chi connectivity index (χ2n) is 11.1. The van der Waals surface area contributed by atoms with E-state index in [0.29, 0.717) is 24.8 Å². The number of halogens is 5. The van der Waals surface area contributed by atoms with Gasteiger partial charge in [-0.2, -0.15) is 13.2 Å². The predicted octanol–water partition coefficient (Wildman–Crippen LogP) is 5.65. The largest absolute Gasteiger partial charge is 0.416 e. The van der Waals surface area contributed by atoms with Gasteiger partial charge in [-0.05, 0) is 60.9 Å². The first-order chi connectivity index (χ1) is 20.6. The molecule has 0 spiro atoms. The maximum Gasteiger partial charge on any atom is 0.416 e. The van der Waals surface area contributed by atoms with Gasteiger partial charge in [-0.3, -0.25) is 9.52 Å². The fourth-order valence-corrected chi connectivity index (χ4v) is 6.66. The number of nitrogens with two attached hydrogens (primary N) is 1. The van der Waals surface area contributed by atoms with Gasteiger partial charge in [0.2, 0.25) is 5.91 Å². The van der Waals surface area contributed by atoms with Crippen molar-refractivity contribution in [3.63, 3.8) is 0 Å². The van der Waals surface area contributed by atoms with Crippen LogP contribution in [0.2, 0.25) is 5.02 Å². The molecule has 9 nitrogen and oxygen atoms in total. The van der Waals surface area contributed by atoms with Crippen LogP contribution in [0.15, 0.2) is 59.9 Å². The van der Waals surface area contributed by atoms with Crippen LogP contribution in [0.5, 0.6) is 0 Å². The van der Waals surface area contributed by atoms with Crippen LogP contribution in [0.4, 0.5) is 29.1 Å². The van der Waals surface area contributed by atoms with Crippen molar-refractivity contribution < 1.29 is 30.8 Å². The quantitative estimate of drug-likeness (QED) is 0.254. The lowest BCUT2D eigenvalue weighted by Crippen LogP contribution is -2.55. The lowest BCUT2D eigenvalue weighted by Gasteiger charge is -2.43. The Labute approximate surface area is 258 Å². The molecule has 1 aliphatic carbocycles. The van der Waals surface area contributed by atoms with Gasteiger partial charge < -0.3 is 16.0 Å². The lowest BCUT2D eigenvalue weighted by atomic mass is 9.77. The zero-order valence-corrected chi connectivity index (χ0v) is 25.7. The molecule has 1 amide bonds. The molecule has 238 valence electrons. The van der Waals surface area contributed by atoms with E-state index < -0.39 is 50.6 Å². The summed E-state index contributed by atoms with van der Waals surface area (Å²) in [6.45, 7) is 3.60. The molecule has 3 aromatic rings. The number of nitrogens with zero attached hydrogens (tertiary/aromatic N) is 3. The highest BCUT2D eigenvalue weighted by atomic mass is 35.5. The second kappa shape index (κ2) is 13.2. The number of amides is 1. The summed E-state index contributed by atoms with van der Waals surface area (Å²) < 4.78 is 83.4. The summed E-state index contributed by atoms with van der Waals surface area (Å²) in [7, 11) is -2.82. The maximum atomic E-state index is 15.3. The average Bonchev–Trinajstić information content (AvgIpc) is 2.97. The average molecular weight is 657 g/mol. The van der Waals surface area contributed by atoms with Gasteiger partial charge in [0, 0.05) is 19.3 Å². The molecule has 2 aromatic carbocycles. The van der Waals surface area contributed by atoms with Crippen LogP contribution in [-0.2, 0) is 21.0 Å². The third kappa shape index (κ3) is 7.59. The maximum absolute atomic E-state index is 15.3.